The van der Waals surface area contributed by atoms with E-state index in [2.05, 4.69) is 15.0 Å². The van der Waals surface area contributed by atoms with Gasteiger partial charge in [-0.1, -0.05) is 17.7 Å². The highest BCUT2D eigenvalue weighted by Gasteiger charge is 2.29. The average Bonchev–Trinajstić information content (AvgIpc) is 2.57. The van der Waals surface area contributed by atoms with Gasteiger partial charge in [-0.2, -0.15) is 13.2 Å². The molecule has 25 heavy (non-hydrogen) atoms. The minimum Gasteiger partial charge on any atom is -0.496 e. The Kier molecular flexibility index (Phi) is 6.08. The number of methoxy groups -OCH3 is 1. The van der Waals surface area contributed by atoms with E-state index >= 15 is 0 Å². The lowest BCUT2D eigenvalue weighted by atomic mass is 10.2. The number of aromatic nitrogens is 1. The molecule has 0 unspecified atom stereocenters. The van der Waals surface area contributed by atoms with Crippen LogP contribution < -0.4 is 14.8 Å². The Balaban J connectivity index is 2.09. The highest BCUT2D eigenvalue weighted by atomic mass is 35.5. The first-order valence-corrected chi connectivity index (χ1v) is 7.43. The fraction of sp³-hybridized carbons (Fsp3) is 0.250. The molecule has 0 saturated heterocycles. The number of hydrogen-bond acceptors (Lipinski definition) is 4. The lowest BCUT2D eigenvalue weighted by molar-refractivity contribution is -0.154. The Bertz CT molecular complexity index is 754. The number of carbonyl (C=O) groups is 1. The fourth-order valence-corrected chi connectivity index (χ4v) is 2.14. The van der Waals surface area contributed by atoms with Crippen LogP contribution in [-0.4, -0.2) is 30.8 Å². The summed E-state index contributed by atoms with van der Waals surface area (Å²) in [5, 5.41) is 2.92. The molecule has 0 fully saturated rings. The summed E-state index contributed by atoms with van der Waals surface area (Å²) >= 11 is 5.87. The predicted octanol–water partition coefficient (Wildman–Crippen LogP) is 3.61. The number of carbonyl (C=O) groups excluding carboxylic acids is 1. The molecule has 0 saturated carbocycles. The van der Waals surface area contributed by atoms with Gasteiger partial charge >= 0.3 is 6.18 Å². The molecule has 1 aromatic carbocycles. The molecule has 0 radical (unpaired) electrons. The molecule has 1 amide bonds. The zero-order chi connectivity index (χ0) is 18.4. The van der Waals surface area contributed by atoms with Crippen LogP contribution in [0.15, 0.2) is 36.5 Å². The van der Waals surface area contributed by atoms with Crippen LogP contribution in [-0.2, 0) is 6.54 Å². The Morgan fingerprint density at radius 2 is 2.08 bits per heavy atom. The molecule has 0 spiro atoms. The van der Waals surface area contributed by atoms with Crippen molar-refractivity contribution in [1.82, 2.24) is 10.3 Å². The normalized spacial score (nSPS) is 11.1. The second-order valence-electron chi connectivity index (χ2n) is 4.90. The number of hydrogen-bond donors (Lipinski definition) is 1. The van der Waals surface area contributed by atoms with Crippen LogP contribution in [0.2, 0.25) is 5.02 Å². The Morgan fingerprint density at radius 1 is 1.32 bits per heavy atom. The summed E-state index contributed by atoms with van der Waals surface area (Å²) in [6.45, 7) is -1.54. The van der Waals surface area contributed by atoms with Crippen LogP contribution in [0.3, 0.4) is 0 Å². The van der Waals surface area contributed by atoms with Gasteiger partial charge in [0.1, 0.15) is 5.75 Å². The Morgan fingerprint density at radius 3 is 2.76 bits per heavy atom. The van der Waals surface area contributed by atoms with Gasteiger partial charge in [-0.15, -0.1) is 0 Å². The Hall–Kier alpha value is -2.48. The van der Waals surface area contributed by atoms with Crippen molar-refractivity contribution in [2.75, 3.05) is 13.7 Å². The molecule has 0 aliphatic carbocycles. The first-order valence-electron chi connectivity index (χ1n) is 7.05. The van der Waals surface area contributed by atoms with E-state index < -0.39 is 18.7 Å². The highest BCUT2D eigenvalue weighted by Crippen LogP contribution is 2.23. The largest absolute Gasteiger partial charge is 0.496 e. The maximum Gasteiger partial charge on any atom is 0.422 e. The van der Waals surface area contributed by atoms with Crippen molar-refractivity contribution < 1.29 is 27.4 Å². The van der Waals surface area contributed by atoms with Gasteiger partial charge in [0, 0.05) is 23.3 Å². The molecule has 2 rings (SSSR count). The number of halogens is 4. The third kappa shape index (κ3) is 5.53. The van der Waals surface area contributed by atoms with Crippen molar-refractivity contribution in [1.29, 1.82) is 0 Å². The predicted molar refractivity (Wildman–Crippen MR) is 85.0 cm³/mol. The summed E-state index contributed by atoms with van der Waals surface area (Å²) in [6, 6.07) is 7.58. The molecule has 1 heterocycles. The molecular formula is C16H14ClF3N2O3. The minimum atomic E-state index is -4.48. The van der Waals surface area contributed by atoms with Crippen molar-refractivity contribution in [3.63, 3.8) is 0 Å². The van der Waals surface area contributed by atoms with Crippen molar-refractivity contribution in [3.8, 4) is 11.6 Å². The summed E-state index contributed by atoms with van der Waals surface area (Å²) < 4.78 is 46.6. The van der Waals surface area contributed by atoms with Crippen LogP contribution in [0.25, 0.3) is 0 Å². The van der Waals surface area contributed by atoms with Crippen molar-refractivity contribution in [3.05, 3.63) is 52.7 Å². The standard InChI is InChI=1S/C16H14ClF3N2O3/c1-24-13-5-4-11(17)7-12(13)14(23)22-8-10-3-2-6-21-15(10)25-9-16(18,19)20/h2-7H,8-9H2,1H3,(H,22,23). The van der Waals surface area contributed by atoms with Crippen molar-refractivity contribution in [2.45, 2.75) is 12.7 Å². The second-order valence-corrected chi connectivity index (χ2v) is 5.34. The maximum absolute atomic E-state index is 12.3. The van der Waals surface area contributed by atoms with Crippen molar-refractivity contribution >= 4 is 17.5 Å². The van der Waals surface area contributed by atoms with E-state index in [1.165, 1.54) is 31.5 Å². The zero-order valence-electron chi connectivity index (χ0n) is 13.1. The molecule has 9 heteroatoms. The molecular weight excluding hydrogens is 361 g/mol. The van der Waals surface area contributed by atoms with Crippen LogP contribution in [0.4, 0.5) is 13.2 Å². The van der Waals surface area contributed by atoms with E-state index in [9.17, 15) is 18.0 Å². The average molecular weight is 375 g/mol. The molecule has 0 aliphatic rings. The number of ether oxygens (including phenoxy) is 2. The third-order valence-electron chi connectivity index (χ3n) is 3.07. The lowest BCUT2D eigenvalue weighted by Gasteiger charge is -2.13. The van der Waals surface area contributed by atoms with E-state index in [1.54, 1.807) is 12.1 Å². The summed E-state index contributed by atoms with van der Waals surface area (Å²) in [4.78, 5) is 16.0. The van der Waals surface area contributed by atoms with Gasteiger partial charge in [0.25, 0.3) is 5.91 Å². The first kappa shape index (κ1) is 18.9. The van der Waals surface area contributed by atoms with Gasteiger partial charge in [0.15, 0.2) is 6.61 Å². The lowest BCUT2D eigenvalue weighted by Crippen LogP contribution is -2.25. The Labute approximate surface area is 146 Å². The van der Waals surface area contributed by atoms with E-state index in [0.717, 1.165) is 0 Å². The monoisotopic (exact) mass is 374 g/mol. The second kappa shape index (κ2) is 8.06. The number of alkyl halides is 3. The van der Waals surface area contributed by atoms with Crippen LogP contribution >= 0.6 is 11.6 Å². The van der Waals surface area contributed by atoms with Crippen LogP contribution in [0.5, 0.6) is 11.6 Å². The van der Waals surface area contributed by atoms with E-state index in [0.29, 0.717) is 16.3 Å². The quantitative estimate of drug-likeness (QED) is 0.839. The molecule has 0 atom stereocenters. The van der Waals surface area contributed by atoms with E-state index in [4.69, 9.17) is 16.3 Å². The van der Waals surface area contributed by atoms with Gasteiger partial charge in [-0.05, 0) is 24.3 Å². The molecule has 0 aliphatic heterocycles. The molecule has 134 valence electrons. The van der Waals surface area contributed by atoms with Gasteiger partial charge in [-0.3, -0.25) is 4.79 Å². The van der Waals surface area contributed by atoms with E-state index in [1.807, 2.05) is 0 Å². The first-order chi connectivity index (χ1) is 11.8. The molecule has 2 aromatic rings. The number of benzene rings is 1. The van der Waals surface area contributed by atoms with Crippen molar-refractivity contribution in [2.24, 2.45) is 0 Å². The zero-order valence-corrected chi connectivity index (χ0v) is 13.8. The number of amides is 1. The SMILES string of the molecule is COc1ccc(Cl)cc1C(=O)NCc1cccnc1OCC(F)(F)F. The topological polar surface area (TPSA) is 60.5 Å². The highest BCUT2D eigenvalue weighted by molar-refractivity contribution is 6.31. The minimum absolute atomic E-state index is 0.0739. The number of nitrogens with zero attached hydrogens (tertiary/aromatic N) is 1. The van der Waals surface area contributed by atoms with Gasteiger partial charge in [0.2, 0.25) is 5.88 Å². The van der Waals surface area contributed by atoms with Crippen LogP contribution in [0.1, 0.15) is 15.9 Å². The maximum atomic E-state index is 12.3. The third-order valence-corrected chi connectivity index (χ3v) is 3.30. The number of rotatable bonds is 6. The summed E-state index contributed by atoms with van der Waals surface area (Å²) in [5.41, 5.74) is 0.512. The summed E-state index contributed by atoms with van der Waals surface area (Å²) in [5.74, 6) is -0.371. The molecule has 1 aromatic heterocycles. The van der Waals surface area contributed by atoms with Gasteiger partial charge in [0.05, 0.1) is 12.7 Å². The summed E-state index contributed by atoms with van der Waals surface area (Å²) in [6.07, 6.45) is -3.18. The molecule has 1 N–H and O–H groups in total. The van der Waals surface area contributed by atoms with Gasteiger partial charge in [-0.25, -0.2) is 4.98 Å². The molecule has 0 bridgehead atoms. The number of nitrogens with one attached hydrogen (secondary N) is 1. The summed E-state index contributed by atoms with van der Waals surface area (Å²) in [7, 11) is 1.41. The smallest absolute Gasteiger partial charge is 0.422 e. The number of pyridine rings is 1. The van der Waals surface area contributed by atoms with Gasteiger partial charge < -0.3 is 14.8 Å². The fourth-order valence-electron chi connectivity index (χ4n) is 1.97. The van der Waals surface area contributed by atoms with Crippen LogP contribution in [0, 0.1) is 0 Å². The van der Waals surface area contributed by atoms with E-state index in [-0.39, 0.29) is 18.0 Å². The molecule has 5 nitrogen and oxygen atoms in total.